The lowest BCUT2D eigenvalue weighted by molar-refractivity contribution is 0.114. The Balaban J connectivity index is 0.00000220. The predicted molar refractivity (Wildman–Crippen MR) is 92.5 cm³/mol. The van der Waals surface area contributed by atoms with Crippen molar-refractivity contribution in [3.8, 4) is 0 Å². The summed E-state index contributed by atoms with van der Waals surface area (Å²) in [5.41, 5.74) is 5.88. The van der Waals surface area contributed by atoms with E-state index in [4.69, 9.17) is 10.3 Å². The maximum Gasteiger partial charge on any atom is 0.240 e. The van der Waals surface area contributed by atoms with E-state index in [2.05, 4.69) is 40.7 Å². The lowest BCUT2D eigenvalue weighted by Gasteiger charge is -2.35. The van der Waals surface area contributed by atoms with E-state index in [1.807, 2.05) is 0 Å². The minimum absolute atomic E-state index is 0. The van der Waals surface area contributed by atoms with Gasteiger partial charge in [-0.2, -0.15) is 4.98 Å². The van der Waals surface area contributed by atoms with Crippen LogP contribution in [-0.2, 0) is 13.1 Å². The fourth-order valence-electron chi connectivity index (χ4n) is 2.30. The highest BCUT2D eigenvalue weighted by Gasteiger charge is 2.20. The average molecular weight is 354 g/mol. The summed E-state index contributed by atoms with van der Waals surface area (Å²) >= 11 is 0. The molecule has 0 unspecified atom stereocenters. The molecule has 2 N–H and O–H groups in total. The summed E-state index contributed by atoms with van der Waals surface area (Å²) in [5.74, 6) is 1.26. The van der Waals surface area contributed by atoms with Crippen molar-refractivity contribution in [1.29, 1.82) is 0 Å². The lowest BCUT2D eigenvalue weighted by Crippen LogP contribution is -2.46. The number of hydrogen-bond donors (Lipinski definition) is 1. The summed E-state index contributed by atoms with van der Waals surface area (Å²) in [6.45, 7) is 13.5. The highest BCUT2D eigenvalue weighted by atomic mass is 35.5. The molecule has 0 aromatic carbocycles. The molecular weight excluding hydrogens is 325 g/mol. The van der Waals surface area contributed by atoms with Gasteiger partial charge in [0.1, 0.15) is 0 Å². The molecule has 0 spiro atoms. The Morgan fingerprint density at radius 2 is 1.68 bits per heavy atom. The fourth-order valence-corrected chi connectivity index (χ4v) is 2.30. The zero-order valence-corrected chi connectivity index (χ0v) is 15.4. The van der Waals surface area contributed by atoms with Gasteiger partial charge in [-0.05, 0) is 18.4 Å². The van der Waals surface area contributed by atoms with Gasteiger partial charge in [0, 0.05) is 26.2 Å². The molecule has 130 valence electrons. The number of piperazine rings is 1. The Kier molecular flexibility index (Phi) is 9.50. The second-order valence-electron chi connectivity index (χ2n) is 6.74. The highest BCUT2D eigenvalue weighted by molar-refractivity contribution is 5.85. The molecule has 6 nitrogen and oxygen atoms in total. The molecule has 0 radical (unpaired) electrons. The van der Waals surface area contributed by atoms with Crippen molar-refractivity contribution < 1.29 is 4.52 Å². The van der Waals surface area contributed by atoms with Crippen molar-refractivity contribution in [2.75, 3.05) is 32.7 Å². The van der Waals surface area contributed by atoms with E-state index in [1.54, 1.807) is 0 Å². The molecule has 1 fully saturated rings. The molecular formula is C14H29Cl2N5O. The minimum Gasteiger partial charge on any atom is -0.338 e. The monoisotopic (exact) mass is 353 g/mol. The Hall–Kier alpha value is -0.400. The molecule has 1 aromatic heterocycles. The quantitative estimate of drug-likeness (QED) is 0.871. The molecule has 1 aliphatic heterocycles. The van der Waals surface area contributed by atoms with Gasteiger partial charge in [-0.3, -0.25) is 4.90 Å². The SMILES string of the molecule is CC(C)(C)CCN1CCN(Cc2noc(CN)n2)CC1.Cl.Cl. The Labute approximate surface area is 145 Å². The van der Waals surface area contributed by atoms with Crippen LogP contribution in [0.15, 0.2) is 4.52 Å². The van der Waals surface area contributed by atoms with Gasteiger partial charge in [-0.25, -0.2) is 0 Å². The first kappa shape index (κ1) is 21.6. The number of aromatic nitrogens is 2. The van der Waals surface area contributed by atoms with Gasteiger partial charge in [0.15, 0.2) is 5.82 Å². The largest absolute Gasteiger partial charge is 0.338 e. The second kappa shape index (κ2) is 9.67. The maximum absolute atomic E-state index is 5.47. The molecule has 1 saturated heterocycles. The first-order valence-electron chi connectivity index (χ1n) is 7.42. The molecule has 2 rings (SSSR count). The standard InChI is InChI=1S/C14H27N5O.2ClH/c1-14(2,3)4-5-18-6-8-19(9-7-18)11-12-16-13(10-15)20-17-12;;/h4-11,15H2,1-3H3;2*1H. The molecule has 0 aliphatic carbocycles. The third kappa shape index (κ3) is 7.24. The molecule has 0 amide bonds. The second-order valence-corrected chi connectivity index (χ2v) is 6.74. The van der Waals surface area contributed by atoms with Crippen molar-refractivity contribution in [3.63, 3.8) is 0 Å². The van der Waals surface area contributed by atoms with Crippen molar-refractivity contribution in [2.45, 2.75) is 40.3 Å². The first-order chi connectivity index (χ1) is 9.46. The van der Waals surface area contributed by atoms with Crippen LogP contribution in [0.4, 0.5) is 0 Å². The first-order valence-corrected chi connectivity index (χ1v) is 7.42. The normalized spacial score (nSPS) is 16.9. The number of rotatable bonds is 5. The number of nitrogens with two attached hydrogens (primary N) is 1. The van der Waals surface area contributed by atoms with Crippen LogP contribution >= 0.6 is 24.8 Å². The van der Waals surface area contributed by atoms with Crippen LogP contribution in [0.25, 0.3) is 0 Å². The van der Waals surface area contributed by atoms with Gasteiger partial charge < -0.3 is 15.2 Å². The van der Waals surface area contributed by atoms with E-state index in [-0.39, 0.29) is 24.8 Å². The molecule has 0 bridgehead atoms. The van der Waals surface area contributed by atoms with Crippen molar-refractivity contribution in [1.82, 2.24) is 19.9 Å². The van der Waals surface area contributed by atoms with E-state index in [0.29, 0.717) is 17.9 Å². The van der Waals surface area contributed by atoms with Crippen LogP contribution in [0.2, 0.25) is 0 Å². The van der Waals surface area contributed by atoms with Crippen LogP contribution < -0.4 is 5.73 Å². The van der Waals surface area contributed by atoms with Gasteiger partial charge in [-0.1, -0.05) is 25.9 Å². The van der Waals surface area contributed by atoms with E-state index < -0.39 is 0 Å². The summed E-state index contributed by atoms with van der Waals surface area (Å²) in [4.78, 5) is 9.17. The summed E-state index contributed by atoms with van der Waals surface area (Å²) in [5, 5.41) is 3.95. The highest BCUT2D eigenvalue weighted by Crippen LogP contribution is 2.19. The molecule has 8 heteroatoms. The van der Waals surface area contributed by atoms with Gasteiger partial charge in [0.05, 0.1) is 13.1 Å². The molecule has 0 saturated carbocycles. The van der Waals surface area contributed by atoms with Crippen LogP contribution in [0.5, 0.6) is 0 Å². The Morgan fingerprint density at radius 3 is 2.18 bits per heavy atom. The smallest absolute Gasteiger partial charge is 0.240 e. The van der Waals surface area contributed by atoms with E-state index in [9.17, 15) is 0 Å². The third-order valence-corrected chi connectivity index (χ3v) is 3.69. The van der Waals surface area contributed by atoms with Crippen molar-refractivity contribution in [2.24, 2.45) is 11.1 Å². The summed E-state index contributed by atoms with van der Waals surface area (Å²) in [7, 11) is 0. The summed E-state index contributed by atoms with van der Waals surface area (Å²) in [6.07, 6.45) is 1.25. The van der Waals surface area contributed by atoms with Crippen molar-refractivity contribution >= 4 is 24.8 Å². The van der Waals surface area contributed by atoms with Gasteiger partial charge in [0.25, 0.3) is 0 Å². The Morgan fingerprint density at radius 1 is 1.09 bits per heavy atom. The minimum atomic E-state index is 0. The molecule has 1 aromatic rings. The van der Waals surface area contributed by atoms with Crippen LogP contribution in [0.1, 0.15) is 38.9 Å². The number of hydrogen-bond acceptors (Lipinski definition) is 6. The summed E-state index contributed by atoms with van der Waals surface area (Å²) < 4.78 is 5.03. The Bertz CT molecular complexity index is 414. The zero-order valence-electron chi connectivity index (χ0n) is 13.7. The molecule has 1 aliphatic rings. The third-order valence-electron chi connectivity index (χ3n) is 3.69. The van der Waals surface area contributed by atoms with Crippen molar-refractivity contribution in [3.05, 3.63) is 11.7 Å². The van der Waals surface area contributed by atoms with Gasteiger partial charge >= 0.3 is 0 Å². The van der Waals surface area contributed by atoms with Gasteiger partial charge in [0.2, 0.25) is 5.89 Å². The number of nitrogens with zero attached hydrogens (tertiary/aromatic N) is 4. The van der Waals surface area contributed by atoms with Crippen LogP contribution in [0.3, 0.4) is 0 Å². The zero-order chi connectivity index (χ0) is 14.6. The molecule has 22 heavy (non-hydrogen) atoms. The topological polar surface area (TPSA) is 71.4 Å². The lowest BCUT2D eigenvalue weighted by atomic mass is 9.92. The molecule has 0 atom stereocenters. The van der Waals surface area contributed by atoms with Crippen LogP contribution in [-0.4, -0.2) is 52.7 Å². The fraction of sp³-hybridized carbons (Fsp3) is 0.857. The predicted octanol–water partition coefficient (Wildman–Crippen LogP) is 1.93. The average Bonchev–Trinajstić information content (AvgIpc) is 2.85. The molecule has 2 heterocycles. The van der Waals surface area contributed by atoms with Crippen LogP contribution in [0, 0.1) is 5.41 Å². The van der Waals surface area contributed by atoms with E-state index >= 15 is 0 Å². The summed E-state index contributed by atoms with van der Waals surface area (Å²) in [6, 6.07) is 0. The van der Waals surface area contributed by atoms with Gasteiger partial charge in [-0.15, -0.1) is 24.8 Å². The maximum atomic E-state index is 5.47. The number of halogens is 2. The van der Waals surface area contributed by atoms with E-state index in [0.717, 1.165) is 38.5 Å². The van der Waals surface area contributed by atoms with E-state index in [1.165, 1.54) is 13.0 Å².